The molecule has 0 aliphatic heterocycles. The van der Waals surface area contributed by atoms with E-state index >= 15 is 0 Å². The fourth-order valence-corrected chi connectivity index (χ4v) is 2.00. The van der Waals surface area contributed by atoms with Crippen molar-refractivity contribution in [3.8, 4) is 0 Å². The van der Waals surface area contributed by atoms with Crippen LogP contribution < -0.4 is 10.6 Å². The number of nitrogens with zero attached hydrogens (tertiary/aromatic N) is 2. The molecule has 18 heavy (non-hydrogen) atoms. The summed E-state index contributed by atoms with van der Waals surface area (Å²) in [5.74, 6) is 0.00890. The van der Waals surface area contributed by atoms with Gasteiger partial charge in [0.25, 0.3) is 0 Å². The maximum Gasteiger partial charge on any atom is 0.224 e. The fourth-order valence-electron chi connectivity index (χ4n) is 1.29. The van der Waals surface area contributed by atoms with Gasteiger partial charge in [-0.3, -0.25) is 0 Å². The van der Waals surface area contributed by atoms with Crippen LogP contribution in [0, 0.1) is 9.39 Å². The molecule has 0 spiro atoms. The molecule has 1 heterocycles. The summed E-state index contributed by atoms with van der Waals surface area (Å²) in [6.45, 7) is 0. The van der Waals surface area contributed by atoms with Gasteiger partial charge in [0.2, 0.25) is 5.95 Å². The Morgan fingerprint density at radius 1 is 1.39 bits per heavy atom. The smallest absolute Gasteiger partial charge is 0.224 e. The maximum absolute atomic E-state index is 13.5. The molecule has 0 saturated carbocycles. The van der Waals surface area contributed by atoms with Crippen molar-refractivity contribution in [2.24, 2.45) is 0 Å². The molecule has 4 nitrogen and oxygen atoms in total. The average molecular weight is 423 g/mol. The molecular formula is C11H9BrFIN4. The normalized spacial score (nSPS) is 10.2. The molecule has 0 amide bonds. The third-order valence-electron chi connectivity index (χ3n) is 2.15. The van der Waals surface area contributed by atoms with Gasteiger partial charge in [0.15, 0.2) is 11.6 Å². The van der Waals surface area contributed by atoms with Gasteiger partial charge in [-0.1, -0.05) is 0 Å². The van der Waals surface area contributed by atoms with Gasteiger partial charge in [-0.05, 0) is 56.7 Å². The topological polar surface area (TPSA) is 49.8 Å². The van der Waals surface area contributed by atoms with Crippen molar-refractivity contribution < 1.29 is 4.39 Å². The number of anilines is 3. The van der Waals surface area contributed by atoms with Crippen LogP contribution in [0.15, 0.2) is 28.9 Å². The van der Waals surface area contributed by atoms with Crippen molar-refractivity contribution in [3.05, 3.63) is 38.3 Å². The zero-order chi connectivity index (χ0) is 13.1. The second kappa shape index (κ2) is 5.79. The Hall–Kier alpha value is -0.960. The highest BCUT2D eigenvalue weighted by Crippen LogP contribution is 2.25. The number of nitrogens with one attached hydrogen (secondary N) is 2. The molecule has 0 bridgehead atoms. The summed E-state index contributed by atoms with van der Waals surface area (Å²) < 4.78 is 15.6. The van der Waals surface area contributed by atoms with Crippen molar-refractivity contribution in [2.45, 2.75) is 0 Å². The van der Waals surface area contributed by atoms with E-state index in [1.54, 1.807) is 7.05 Å². The van der Waals surface area contributed by atoms with E-state index in [1.807, 2.05) is 18.2 Å². The maximum atomic E-state index is 13.5. The van der Waals surface area contributed by atoms with Crippen molar-refractivity contribution >= 4 is 56.0 Å². The lowest BCUT2D eigenvalue weighted by Crippen LogP contribution is -2.03. The number of hydrogen-bond donors (Lipinski definition) is 2. The van der Waals surface area contributed by atoms with Gasteiger partial charge in [0.05, 0.1) is 6.20 Å². The van der Waals surface area contributed by atoms with Crippen LogP contribution in [0.5, 0.6) is 0 Å². The van der Waals surface area contributed by atoms with Gasteiger partial charge < -0.3 is 10.6 Å². The predicted octanol–water partition coefficient (Wildman–Crippen LogP) is 3.77. The first kappa shape index (κ1) is 13.5. The summed E-state index contributed by atoms with van der Waals surface area (Å²) in [6.07, 6.45) is 1.13. The van der Waals surface area contributed by atoms with E-state index in [9.17, 15) is 4.39 Å². The second-order valence-corrected chi connectivity index (χ2v) is 5.41. The van der Waals surface area contributed by atoms with Crippen molar-refractivity contribution in [2.75, 3.05) is 17.7 Å². The van der Waals surface area contributed by atoms with Crippen LogP contribution >= 0.6 is 38.5 Å². The molecule has 0 aliphatic rings. The van der Waals surface area contributed by atoms with Crippen molar-refractivity contribution in [1.82, 2.24) is 9.97 Å². The lowest BCUT2D eigenvalue weighted by atomic mass is 10.3. The summed E-state index contributed by atoms with van der Waals surface area (Å²) in [5, 5.41) is 5.68. The van der Waals surface area contributed by atoms with Crippen LogP contribution in [0.1, 0.15) is 0 Å². The van der Waals surface area contributed by atoms with Gasteiger partial charge >= 0.3 is 0 Å². The van der Waals surface area contributed by atoms with Crippen LogP contribution in [-0.4, -0.2) is 17.0 Å². The number of benzene rings is 1. The Labute approximate surface area is 126 Å². The molecule has 0 radical (unpaired) electrons. The first-order valence-corrected chi connectivity index (χ1v) is 6.89. The zero-order valence-electron chi connectivity index (χ0n) is 9.34. The first-order chi connectivity index (χ1) is 8.60. The number of halogens is 3. The molecule has 0 aliphatic carbocycles. The van der Waals surface area contributed by atoms with E-state index < -0.39 is 5.82 Å². The van der Waals surface area contributed by atoms with Crippen LogP contribution in [0.4, 0.5) is 21.8 Å². The molecule has 0 unspecified atom stereocenters. The molecule has 2 N–H and O–H groups in total. The Morgan fingerprint density at radius 2 is 2.17 bits per heavy atom. The summed E-state index contributed by atoms with van der Waals surface area (Å²) >= 11 is 5.63. The van der Waals surface area contributed by atoms with Gasteiger partial charge in [-0.15, -0.1) is 0 Å². The van der Waals surface area contributed by atoms with Crippen LogP contribution in [-0.2, 0) is 0 Å². The van der Waals surface area contributed by atoms with Crippen LogP contribution in [0.25, 0.3) is 0 Å². The largest absolute Gasteiger partial charge is 0.357 e. The lowest BCUT2D eigenvalue weighted by Gasteiger charge is -2.08. The first-order valence-electron chi connectivity index (χ1n) is 5.02. The van der Waals surface area contributed by atoms with Crippen molar-refractivity contribution in [1.29, 1.82) is 0 Å². The summed E-state index contributed by atoms with van der Waals surface area (Å²) in [6, 6.07) is 5.64. The highest BCUT2D eigenvalue weighted by atomic mass is 127. The van der Waals surface area contributed by atoms with Crippen LogP contribution in [0.2, 0.25) is 0 Å². The van der Waals surface area contributed by atoms with Crippen LogP contribution in [0.3, 0.4) is 0 Å². The molecule has 7 heteroatoms. The van der Waals surface area contributed by atoms with E-state index in [2.05, 4.69) is 59.1 Å². The number of aromatic nitrogens is 2. The lowest BCUT2D eigenvalue weighted by molar-refractivity contribution is 0.619. The van der Waals surface area contributed by atoms with Gasteiger partial charge in [-0.2, -0.15) is 4.98 Å². The fraction of sp³-hybridized carbons (Fsp3) is 0.0909. The minimum atomic E-state index is -0.497. The summed E-state index contributed by atoms with van der Waals surface area (Å²) in [4.78, 5) is 7.80. The minimum Gasteiger partial charge on any atom is -0.357 e. The Morgan fingerprint density at radius 3 is 2.83 bits per heavy atom. The highest BCUT2D eigenvalue weighted by molar-refractivity contribution is 14.1. The highest BCUT2D eigenvalue weighted by Gasteiger charge is 2.07. The Kier molecular flexibility index (Phi) is 4.33. The van der Waals surface area contributed by atoms with E-state index in [4.69, 9.17) is 0 Å². The standard InChI is InChI=1S/C11H9BrFIN4/c1-15-11-16-5-8(13)10(18-11)17-6-2-3-9(14)7(12)4-6/h2-5H,1H3,(H2,15,16,17,18). The minimum absolute atomic E-state index is 0.141. The van der Waals surface area contributed by atoms with Gasteiger partial charge in [0, 0.05) is 20.8 Å². The second-order valence-electron chi connectivity index (χ2n) is 3.39. The molecule has 2 aromatic rings. The monoisotopic (exact) mass is 422 g/mol. The van der Waals surface area contributed by atoms with Gasteiger partial charge in [0.1, 0.15) is 0 Å². The average Bonchev–Trinajstić information content (AvgIpc) is 2.36. The van der Waals surface area contributed by atoms with Crippen molar-refractivity contribution in [3.63, 3.8) is 0 Å². The Balaban J connectivity index is 2.30. The van der Waals surface area contributed by atoms with E-state index in [0.717, 1.165) is 19.9 Å². The zero-order valence-corrected chi connectivity index (χ0v) is 13.1. The molecule has 0 saturated heterocycles. The molecule has 0 atom stereocenters. The third kappa shape index (κ3) is 3.08. The molecule has 1 aromatic heterocycles. The Bertz CT molecular complexity index is 579. The molecule has 0 fully saturated rings. The summed E-state index contributed by atoms with van der Waals surface area (Å²) in [7, 11) is 1.68. The molecular weight excluding hydrogens is 414 g/mol. The van der Waals surface area contributed by atoms with Gasteiger partial charge in [-0.25, -0.2) is 9.37 Å². The molecule has 1 aromatic carbocycles. The van der Waals surface area contributed by atoms with E-state index in [-0.39, 0.29) is 5.82 Å². The molecule has 2 rings (SSSR count). The number of hydrogen-bond acceptors (Lipinski definition) is 4. The molecule has 94 valence electrons. The van der Waals surface area contributed by atoms with E-state index in [1.165, 1.54) is 0 Å². The predicted molar refractivity (Wildman–Crippen MR) is 81.7 cm³/mol. The van der Waals surface area contributed by atoms with E-state index in [0.29, 0.717) is 5.95 Å². The quantitative estimate of drug-likeness (QED) is 0.739. The number of rotatable bonds is 3. The SMILES string of the molecule is CNc1ncc(F)c(Nc2ccc(I)c(Br)c2)n1. The third-order valence-corrected chi connectivity index (χ3v) is 4.49. The summed E-state index contributed by atoms with van der Waals surface area (Å²) in [5.41, 5.74) is 0.752.